The van der Waals surface area contributed by atoms with E-state index >= 15 is 0 Å². The fourth-order valence-corrected chi connectivity index (χ4v) is 11.5. The summed E-state index contributed by atoms with van der Waals surface area (Å²) in [5.74, 6) is 2.22. The molecular formula is C31H45NO6S2. The minimum Gasteiger partial charge on any atom is -0.348 e. The van der Waals surface area contributed by atoms with Crippen molar-refractivity contribution < 1.29 is 27.4 Å². The molecule has 7 nitrogen and oxygen atoms in total. The number of hydrogen-bond donors (Lipinski definition) is 2. The van der Waals surface area contributed by atoms with Gasteiger partial charge in [0.25, 0.3) is 0 Å². The van der Waals surface area contributed by atoms with Crippen molar-refractivity contribution in [2.75, 3.05) is 0 Å². The molecule has 1 heterocycles. The number of carbonyl (C=O) groups excluding carboxylic acids is 3. The van der Waals surface area contributed by atoms with E-state index in [0.29, 0.717) is 59.9 Å². The Morgan fingerprint density at radius 3 is 2.40 bits per heavy atom. The van der Waals surface area contributed by atoms with Crippen molar-refractivity contribution in [1.82, 2.24) is 5.32 Å². The van der Waals surface area contributed by atoms with Crippen LogP contribution in [0.5, 0.6) is 0 Å². The van der Waals surface area contributed by atoms with Crippen LogP contribution in [0, 0.1) is 52.3 Å². The summed E-state index contributed by atoms with van der Waals surface area (Å²) < 4.78 is 32.4. The molecule has 4 saturated carbocycles. The summed E-state index contributed by atoms with van der Waals surface area (Å²) >= 11 is 0.992. The molecule has 222 valence electrons. The topological polar surface area (TPSA) is 118 Å². The third-order valence-corrected chi connectivity index (χ3v) is 14.2. The molecule has 40 heavy (non-hydrogen) atoms. The lowest BCUT2D eigenvalue weighted by Gasteiger charge is -2.59. The van der Waals surface area contributed by atoms with Crippen LogP contribution in [0.25, 0.3) is 0 Å². The number of ketones is 2. The second-order valence-corrected chi connectivity index (χ2v) is 16.9. The van der Waals surface area contributed by atoms with Crippen molar-refractivity contribution in [3.63, 3.8) is 0 Å². The molecule has 5 rings (SSSR count). The first-order chi connectivity index (χ1) is 18.6. The Morgan fingerprint density at radius 1 is 1.05 bits per heavy atom. The van der Waals surface area contributed by atoms with E-state index in [1.165, 1.54) is 6.07 Å². The first-order valence-corrected chi connectivity index (χ1v) is 17.3. The summed E-state index contributed by atoms with van der Waals surface area (Å²) in [5, 5.41) is 3.14. The summed E-state index contributed by atoms with van der Waals surface area (Å²) in [6, 6.07) is 2.71. The number of thiophene rings is 1. The third-order valence-electron chi connectivity index (χ3n) is 11.7. The van der Waals surface area contributed by atoms with Crippen molar-refractivity contribution in [1.29, 1.82) is 0 Å². The molecule has 0 bridgehead atoms. The number of amides is 1. The number of Topliss-reactive ketones (excluding diaryl/α,β-unsaturated/α-hetero) is 2. The first-order valence-electron chi connectivity index (χ1n) is 15.1. The summed E-state index contributed by atoms with van der Waals surface area (Å²) in [5.41, 5.74) is 0.111. The monoisotopic (exact) mass is 591 g/mol. The lowest BCUT2D eigenvalue weighted by atomic mass is 9.44. The lowest BCUT2D eigenvalue weighted by Crippen LogP contribution is -2.57. The predicted octanol–water partition coefficient (Wildman–Crippen LogP) is 6.24. The zero-order chi connectivity index (χ0) is 29.2. The number of rotatable bonds is 7. The van der Waals surface area contributed by atoms with Gasteiger partial charge >= 0.3 is 10.1 Å². The van der Waals surface area contributed by atoms with Crippen LogP contribution in [-0.2, 0) is 24.5 Å². The van der Waals surface area contributed by atoms with Gasteiger partial charge in [0, 0.05) is 36.5 Å². The second-order valence-electron chi connectivity index (χ2n) is 14.2. The van der Waals surface area contributed by atoms with Crippen molar-refractivity contribution in [2.45, 2.75) is 103 Å². The summed E-state index contributed by atoms with van der Waals surface area (Å²) in [6.07, 6.45) is 7.24. The second kappa shape index (κ2) is 10.6. The molecule has 6 unspecified atom stereocenters. The Balaban J connectivity index is 1.28. The molecule has 2 N–H and O–H groups in total. The highest BCUT2D eigenvalue weighted by Crippen LogP contribution is 2.67. The Labute approximate surface area is 243 Å². The predicted molar refractivity (Wildman–Crippen MR) is 154 cm³/mol. The molecule has 1 aromatic heterocycles. The minimum absolute atomic E-state index is 0.0276. The van der Waals surface area contributed by atoms with Crippen molar-refractivity contribution in [2.24, 2.45) is 52.3 Å². The van der Waals surface area contributed by atoms with Crippen molar-refractivity contribution in [3.05, 3.63) is 17.0 Å². The molecule has 0 spiro atoms. The molecule has 1 aromatic rings. The highest BCUT2D eigenvalue weighted by molar-refractivity contribution is 7.88. The van der Waals surface area contributed by atoms with Crippen molar-refractivity contribution >= 4 is 38.9 Å². The molecule has 9 atom stereocenters. The van der Waals surface area contributed by atoms with Crippen LogP contribution >= 0.6 is 11.3 Å². The van der Waals surface area contributed by atoms with E-state index in [2.05, 4.69) is 26.1 Å². The standard InChI is InChI=1S/C31H45NO6S2/c1-17(2)29(25-8-9-27(39-25)40(36,37)38)32-26(35)14-18(3)21-6-7-22-28-23(11-13-31(21,22)5)30(4)12-10-20(33)15-19(30)16-24(28)34/h8-9,17-19,21-23,28-29H,6-7,10-16H2,1-5H3,(H,32,35)(H,36,37,38)/t18-,19?,21?,22+,23+,28?,29?,30?,31?/m1/s1. The highest BCUT2D eigenvalue weighted by Gasteiger charge is 2.63. The smallest absolute Gasteiger partial charge is 0.304 e. The SMILES string of the molecule is CC(C)C(NC(=O)C[C@@H](C)C1CC[C@H]2C3C(=O)CC4CC(=O)CCC4(C)[C@H]3CCC12C)c1ccc(S(=O)(=O)O)s1. The van der Waals surface area contributed by atoms with E-state index < -0.39 is 10.1 Å². The van der Waals surface area contributed by atoms with Crippen LogP contribution in [0.3, 0.4) is 0 Å². The van der Waals surface area contributed by atoms with Crippen LogP contribution < -0.4 is 5.32 Å². The van der Waals surface area contributed by atoms with Gasteiger partial charge in [-0.05, 0) is 90.6 Å². The van der Waals surface area contributed by atoms with Gasteiger partial charge in [-0.1, -0.05) is 34.6 Å². The molecule has 4 fully saturated rings. The van der Waals surface area contributed by atoms with Gasteiger partial charge in [-0.15, -0.1) is 11.3 Å². The summed E-state index contributed by atoms with van der Waals surface area (Å²) in [4.78, 5) is 39.9. The molecule has 4 aliphatic carbocycles. The first kappa shape index (κ1) is 29.9. The lowest BCUT2D eigenvalue weighted by molar-refractivity contribution is -0.159. The maximum absolute atomic E-state index is 13.6. The normalized spacial score (nSPS) is 37.4. The fourth-order valence-electron chi connectivity index (χ4n) is 9.57. The van der Waals surface area contributed by atoms with E-state index in [1.807, 2.05) is 13.8 Å². The largest absolute Gasteiger partial charge is 0.348 e. The van der Waals surface area contributed by atoms with Crippen molar-refractivity contribution in [3.8, 4) is 0 Å². The molecule has 0 aliphatic heterocycles. The van der Waals surface area contributed by atoms with E-state index in [1.54, 1.807) is 6.07 Å². The van der Waals surface area contributed by atoms with Crippen LogP contribution in [0.2, 0.25) is 0 Å². The minimum atomic E-state index is -4.28. The average molecular weight is 592 g/mol. The summed E-state index contributed by atoms with van der Waals surface area (Å²) in [6.45, 7) is 10.9. The highest BCUT2D eigenvalue weighted by atomic mass is 32.3. The van der Waals surface area contributed by atoms with Gasteiger partial charge in [-0.2, -0.15) is 8.42 Å². The fraction of sp³-hybridized carbons (Fsp3) is 0.774. The third kappa shape index (κ3) is 5.13. The van der Waals surface area contributed by atoms with Gasteiger partial charge in [0.15, 0.2) is 0 Å². The Bertz CT molecular complexity index is 1290. The van der Waals surface area contributed by atoms with Crippen LogP contribution in [-0.4, -0.2) is 30.4 Å². The molecule has 9 heteroatoms. The van der Waals surface area contributed by atoms with Gasteiger partial charge in [0.05, 0.1) is 6.04 Å². The van der Waals surface area contributed by atoms with Gasteiger partial charge in [-0.25, -0.2) is 0 Å². The Kier molecular flexibility index (Phi) is 7.92. The van der Waals surface area contributed by atoms with Gasteiger partial charge in [-0.3, -0.25) is 18.9 Å². The van der Waals surface area contributed by atoms with E-state index in [0.717, 1.165) is 43.4 Å². The van der Waals surface area contributed by atoms with E-state index in [-0.39, 0.29) is 50.7 Å². The Morgan fingerprint density at radius 2 is 1.75 bits per heavy atom. The number of carbonyl (C=O) groups is 3. The van der Waals surface area contributed by atoms with Gasteiger partial charge in [0.2, 0.25) is 5.91 Å². The maximum atomic E-state index is 13.6. The molecule has 0 aromatic carbocycles. The number of hydrogen-bond acceptors (Lipinski definition) is 6. The quantitative estimate of drug-likeness (QED) is 0.363. The molecule has 1 amide bonds. The Hall–Kier alpha value is -1.58. The summed E-state index contributed by atoms with van der Waals surface area (Å²) in [7, 11) is -4.28. The van der Waals surface area contributed by atoms with Crippen LogP contribution in [0.1, 0.15) is 103 Å². The molecular weight excluding hydrogens is 546 g/mol. The van der Waals surface area contributed by atoms with E-state index in [4.69, 9.17) is 0 Å². The molecule has 4 aliphatic rings. The van der Waals surface area contributed by atoms with Gasteiger partial charge in [0.1, 0.15) is 15.8 Å². The maximum Gasteiger partial charge on any atom is 0.304 e. The van der Waals surface area contributed by atoms with Crippen LogP contribution in [0.15, 0.2) is 16.3 Å². The number of fused-ring (bicyclic) bond motifs is 5. The van der Waals surface area contributed by atoms with E-state index in [9.17, 15) is 27.4 Å². The number of nitrogens with one attached hydrogen (secondary N) is 1. The zero-order valence-electron chi connectivity index (χ0n) is 24.4. The average Bonchev–Trinajstić information content (AvgIpc) is 3.48. The van der Waals surface area contributed by atoms with Crippen LogP contribution in [0.4, 0.5) is 0 Å². The zero-order valence-corrected chi connectivity index (χ0v) is 26.1. The molecule has 0 saturated heterocycles. The molecule has 0 radical (unpaired) electrons. The van der Waals surface area contributed by atoms with Gasteiger partial charge < -0.3 is 5.32 Å².